The summed E-state index contributed by atoms with van der Waals surface area (Å²) in [6.07, 6.45) is 4.58. The minimum atomic E-state index is 0.0268. The van der Waals surface area contributed by atoms with Crippen molar-refractivity contribution in [3.63, 3.8) is 0 Å². The van der Waals surface area contributed by atoms with Crippen LogP contribution in [0.4, 0.5) is 0 Å². The fourth-order valence-corrected chi connectivity index (χ4v) is 4.58. The zero-order valence-electron chi connectivity index (χ0n) is 15.9. The molecule has 2 bridgehead atoms. The summed E-state index contributed by atoms with van der Waals surface area (Å²) in [4.78, 5) is 15.3. The number of hydrogen-bond acceptors (Lipinski definition) is 3. The predicted molar refractivity (Wildman–Crippen MR) is 107 cm³/mol. The number of benzene rings is 2. The number of rotatable bonds is 6. The largest absolute Gasteiger partial charge is 0.494 e. The molecule has 1 amide bonds. The van der Waals surface area contributed by atoms with E-state index in [9.17, 15) is 4.79 Å². The summed E-state index contributed by atoms with van der Waals surface area (Å²) in [6, 6.07) is 19.6. The van der Waals surface area contributed by atoms with Gasteiger partial charge in [-0.15, -0.1) is 0 Å². The monoisotopic (exact) mass is 364 g/mol. The Morgan fingerprint density at radius 1 is 1.04 bits per heavy atom. The number of nitrogens with one attached hydrogen (secondary N) is 1. The highest BCUT2D eigenvalue weighted by Crippen LogP contribution is 2.37. The van der Waals surface area contributed by atoms with E-state index in [1.165, 1.54) is 18.4 Å². The lowest BCUT2D eigenvalue weighted by molar-refractivity contribution is 0.0828. The molecule has 142 valence electrons. The minimum absolute atomic E-state index is 0.0268. The molecule has 2 fully saturated rings. The molecule has 4 rings (SSSR count). The zero-order chi connectivity index (χ0) is 18.6. The van der Waals surface area contributed by atoms with Gasteiger partial charge in [-0.1, -0.05) is 30.3 Å². The maximum atomic E-state index is 12.6. The maximum Gasteiger partial charge on any atom is 0.251 e. The third kappa shape index (κ3) is 4.16. The summed E-state index contributed by atoms with van der Waals surface area (Å²) in [7, 11) is 0. The first-order valence-corrected chi connectivity index (χ1v) is 10.1. The van der Waals surface area contributed by atoms with Crippen LogP contribution in [0.25, 0.3) is 0 Å². The second kappa shape index (κ2) is 8.13. The average Bonchev–Trinajstić information content (AvgIpc) is 2.92. The molecule has 2 aromatic rings. The second-order valence-electron chi connectivity index (χ2n) is 7.64. The van der Waals surface area contributed by atoms with Gasteiger partial charge in [-0.05, 0) is 62.4 Å². The molecular formula is C23H28N2O2. The second-order valence-corrected chi connectivity index (χ2v) is 7.64. The molecule has 4 heteroatoms. The van der Waals surface area contributed by atoms with E-state index in [1.54, 1.807) is 0 Å². The Morgan fingerprint density at radius 2 is 1.70 bits per heavy atom. The fourth-order valence-electron chi connectivity index (χ4n) is 4.58. The minimum Gasteiger partial charge on any atom is -0.494 e. The van der Waals surface area contributed by atoms with Crippen LogP contribution < -0.4 is 10.1 Å². The van der Waals surface area contributed by atoms with E-state index in [-0.39, 0.29) is 11.9 Å². The third-order valence-electron chi connectivity index (χ3n) is 5.86. The Hall–Kier alpha value is -2.33. The first-order chi connectivity index (χ1) is 13.2. The lowest BCUT2D eigenvalue weighted by atomic mass is 9.96. The lowest BCUT2D eigenvalue weighted by Crippen LogP contribution is -2.49. The summed E-state index contributed by atoms with van der Waals surface area (Å²) in [5, 5.41) is 3.27. The predicted octanol–water partition coefficient (Wildman–Crippen LogP) is 4.01. The van der Waals surface area contributed by atoms with Gasteiger partial charge in [0.2, 0.25) is 0 Å². The highest BCUT2D eigenvalue weighted by molar-refractivity contribution is 5.94. The summed E-state index contributed by atoms with van der Waals surface area (Å²) < 4.78 is 5.45. The normalized spacial score (nSPS) is 24.6. The molecular weight excluding hydrogens is 336 g/mol. The Bertz CT molecular complexity index is 746. The van der Waals surface area contributed by atoms with Gasteiger partial charge in [-0.3, -0.25) is 9.69 Å². The van der Waals surface area contributed by atoms with Crippen LogP contribution >= 0.6 is 0 Å². The highest BCUT2D eigenvalue weighted by Gasteiger charge is 2.40. The molecule has 2 saturated heterocycles. The number of nitrogens with zero attached hydrogens (tertiary/aromatic N) is 1. The molecule has 0 aromatic heterocycles. The molecule has 0 radical (unpaired) electrons. The average molecular weight is 364 g/mol. The molecule has 2 unspecified atom stereocenters. The Kier molecular flexibility index (Phi) is 5.44. The van der Waals surface area contributed by atoms with E-state index in [0.29, 0.717) is 24.3 Å². The van der Waals surface area contributed by atoms with Crippen LogP contribution in [0.1, 0.15) is 48.5 Å². The molecule has 0 aliphatic carbocycles. The van der Waals surface area contributed by atoms with Crippen LogP contribution in [0.3, 0.4) is 0 Å². The Labute approximate surface area is 161 Å². The SMILES string of the molecule is CCOc1ccc(C(=O)NC2CC3CCC(C2)N3Cc2ccccc2)cc1. The molecule has 2 atom stereocenters. The van der Waals surface area contributed by atoms with Crippen LogP contribution in [-0.2, 0) is 6.54 Å². The summed E-state index contributed by atoms with van der Waals surface area (Å²) in [5.41, 5.74) is 2.09. The van der Waals surface area contributed by atoms with Gasteiger partial charge < -0.3 is 10.1 Å². The van der Waals surface area contributed by atoms with Gasteiger partial charge in [0, 0.05) is 30.2 Å². The molecule has 2 heterocycles. The number of fused-ring (bicyclic) bond motifs is 2. The van der Waals surface area contributed by atoms with E-state index in [4.69, 9.17) is 4.74 Å². The summed E-state index contributed by atoms with van der Waals surface area (Å²) >= 11 is 0. The number of amides is 1. The smallest absolute Gasteiger partial charge is 0.251 e. The van der Waals surface area contributed by atoms with E-state index >= 15 is 0 Å². The van der Waals surface area contributed by atoms with Crippen molar-refractivity contribution in [3.8, 4) is 5.75 Å². The van der Waals surface area contributed by atoms with Gasteiger partial charge >= 0.3 is 0 Å². The molecule has 0 spiro atoms. The standard InChI is InChI=1S/C23H28N2O2/c1-2-27-22-12-8-18(9-13-22)23(26)24-19-14-20-10-11-21(15-19)25(20)16-17-6-4-3-5-7-17/h3-9,12-13,19-21H,2,10-11,14-16H2,1H3,(H,24,26). The van der Waals surface area contributed by atoms with Crippen LogP contribution in [0.2, 0.25) is 0 Å². The van der Waals surface area contributed by atoms with Gasteiger partial charge in [-0.2, -0.15) is 0 Å². The maximum absolute atomic E-state index is 12.6. The Morgan fingerprint density at radius 3 is 2.33 bits per heavy atom. The van der Waals surface area contributed by atoms with E-state index < -0.39 is 0 Å². The van der Waals surface area contributed by atoms with Gasteiger partial charge in [0.25, 0.3) is 5.91 Å². The number of piperidine rings is 1. The van der Waals surface area contributed by atoms with Crippen LogP contribution in [-0.4, -0.2) is 35.5 Å². The molecule has 0 saturated carbocycles. The third-order valence-corrected chi connectivity index (χ3v) is 5.86. The molecule has 27 heavy (non-hydrogen) atoms. The van der Waals surface area contributed by atoms with Crippen molar-refractivity contribution in [2.75, 3.05) is 6.61 Å². The molecule has 4 nitrogen and oxygen atoms in total. The summed E-state index contributed by atoms with van der Waals surface area (Å²) in [6.45, 7) is 3.62. The molecule has 2 aliphatic heterocycles. The van der Waals surface area contributed by atoms with Crippen LogP contribution in [0, 0.1) is 0 Å². The van der Waals surface area contributed by atoms with Gasteiger partial charge in [0.15, 0.2) is 0 Å². The lowest BCUT2D eigenvalue weighted by Gasteiger charge is -2.39. The molecule has 1 N–H and O–H groups in total. The zero-order valence-corrected chi connectivity index (χ0v) is 15.9. The van der Waals surface area contributed by atoms with Crippen molar-refractivity contribution >= 4 is 5.91 Å². The van der Waals surface area contributed by atoms with Crippen LogP contribution in [0.15, 0.2) is 54.6 Å². The summed E-state index contributed by atoms with van der Waals surface area (Å²) in [5.74, 6) is 0.834. The first-order valence-electron chi connectivity index (χ1n) is 10.1. The van der Waals surface area contributed by atoms with Gasteiger partial charge in [0.1, 0.15) is 5.75 Å². The fraction of sp³-hybridized carbons (Fsp3) is 0.435. The number of hydrogen-bond donors (Lipinski definition) is 1. The Balaban J connectivity index is 1.35. The number of carbonyl (C=O) groups is 1. The van der Waals surface area contributed by atoms with E-state index in [1.807, 2.05) is 31.2 Å². The van der Waals surface area contributed by atoms with Crippen molar-refractivity contribution in [1.29, 1.82) is 0 Å². The number of ether oxygens (including phenoxy) is 1. The molecule has 2 aliphatic rings. The van der Waals surface area contributed by atoms with Crippen molar-refractivity contribution in [3.05, 3.63) is 65.7 Å². The van der Waals surface area contributed by atoms with E-state index in [2.05, 4.69) is 40.5 Å². The molecule has 2 aromatic carbocycles. The van der Waals surface area contributed by atoms with Crippen molar-refractivity contribution in [1.82, 2.24) is 10.2 Å². The van der Waals surface area contributed by atoms with Crippen LogP contribution in [0.5, 0.6) is 5.75 Å². The van der Waals surface area contributed by atoms with Gasteiger partial charge in [0.05, 0.1) is 6.61 Å². The van der Waals surface area contributed by atoms with E-state index in [0.717, 1.165) is 25.1 Å². The number of carbonyl (C=O) groups excluding carboxylic acids is 1. The quantitative estimate of drug-likeness (QED) is 0.842. The highest BCUT2D eigenvalue weighted by atomic mass is 16.5. The first kappa shape index (κ1) is 18.1. The van der Waals surface area contributed by atoms with Crippen molar-refractivity contribution in [2.45, 2.75) is 57.3 Å². The van der Waals surface area contributed by atoms with Crippen molar-refractivity contribution in [2.24, 2.45) is 0 Å². The van der Waals surface area contributed by atoms with Crippen molar-refractivity contribution < 1.29 is 9.53 Å². The van der Waals surface area contributed by atoms with Gasteiger partial charge in [-0.25, -0.2) is 0 Å². The topological polar surface area (TPSA) is 41.6 Å².